The highest BCUT2D eigenvalue weighted by molar-refractivity contribution is 5.96. The number of pyridine rings is 1. The Labute approximate surface area is 279 Å². The fourth-order valence-electron chi connectivity index (χ4n) is 5.48. The number of nitrogens with one attached hydrogen (secondary N) is 1. The first-order valence-electron chi connectivity index (χ1n) is 15.2. The van der Waals surface area contributed by atoms with Crippen LogP contribution >= 0.6 is 0 Å². The number of aryl methyl sites for hydroxylation is 2. The fourth-order valence-corrected chi connectivity index (χ4v) is 5.48. The number of carbonyl (C=O) groups is 2. The number of hydrogen-bond donors (Lipinski definition) is 1. The van der Waals surface area contributed by atoms with Gasteiger partial charge >= 0.3 is 12.1 Å². The SMILES string of the molecule is COC(=O)CNC(=O)c1c(F)cc(N2CCOCC2)cc1F.Cc1cccc(Cc2c(C(F)(F)F)c3cc(N(C)C)ccc3n(C)c2=O)c1. The van der Waals surface area contributed by atoms with Gasteiger partial charge in [0.25, 0.3) is 11.5 Å². The Balaban J connectivity index is 0.000000226. The van der Waals surface area contributed by atoms with Crippen LogP contribution in [0.3, 0.4) is 0 Å². The number of hydrogen-bond acceptors (Lipinski definition) is 7. The van der Waals surface area contributed by atoms with Crippen LogP contribution in [-0.2, 0) is 33.9 Å². The number of nitrogens with zero attached hydrogens (tertiary/aromatic N) is 3. The molecule has 14 heteroatoms. The monoisotopic (exact) mass is 688 g/mol. The van der Waals surface area contributed by atoms with E-state index in [1.807, 2.05) is 13.0 Å². The molecule has 1 N–H and O–H groups in total. The number of amides is 1. The van der Waals surface area contributed by atoms with Gasteiger partial charge in [-0.15, -0.1) is 0 Å². The second kappa shape index (κ2) is 15.5. The fraction of sp³-hybridized carbons (Fsp3) is 0.343. The number of halogens is 5. The van der Waals surface area contributed by atoms with Gasteiger partial charge in [-0.3, -0.25) is 14.4 Å². The maximum atomic E-state index is 14.0. The lowest BCUT2D eigenvalue weighted by Crippen LogP contribution is -2.36. The van der Waals surface area contributed by atoms with Gasteiger partial charge in [0.2, 0.25) is 0 Å². The van der Waals surface area contributed by atoms with Gasteiger partial charge in [-0.2, -0.15) is 13.2 Å². The molecule has 9 nitrogen and oxygen atoms in total. The standard InChI is InChI=1S/C21H21F3N2O.C14H16F2N2O4/c1-13-6-5-7-14(10-13)11-17-19(21(22,23)24)16-12-15(25(2)3)8-9-18(16)26(4)20(17)27;1-21-12(19)8-17-14(20)13-10(15)6-9(7-11(13)16)18-2-4-22-5-3-18/h5-10,12H,11H2,1-4H3;6-7H,2-5,8H2,1H3,(H,17,20). The molecule has 0 atom stereocenters. The van der Waals surface area contributed by atoms with Crippen LogP contribution in [0.15, 0.2) is 59.4 Å². The number of rotatable bonds is 7. The third kappa shape index (κ3) is 8.74. The van der Waals surface area contributed by atoms with E-state index in [4.69, 9.17) is 4.74 Å². The molecule has 1 amide bonds. The Morgan fingerprint density at radius 2 is 1.65 bits per heavy atom. The number of ether oxygens (including phenoxy) is 2. The van der Waals surface area contributed by atoms with Crippen molar-refractivity contribution in [3.8, 4) is 0 Å². The first-order chi connectivity index (χ1) is 23.1. The highest BCUT2D eigenvalue weighted by Gasteiger charge is 2.37. The quantitative estimate of drug-likeness (QED) is 0.210. The van der Waals surface area contributed by atoms with Crippen molar-refractivity contribution in [3.05, 3.63) is 104 Å². The normalized spacial score (nSPS) is 13.1. The maximum absolute atomic E-state index is 14.0. The summed E-state index contributed by atoms with van der Waals surface area (Å²) in [5.41, 5.74) is 0.482. The Kier molecular flexibility index (Phi) is 11.7. The molecule has 1 aromatic heterocycles. The molecule has 262 valence electrons. The molecule has 4 aromatic rings. The zero-order valence-electron chi connectivity index (χ0n) is 27.7. The van der Waals surface area contributed by atoms with E-state index in [9.17, 15) is 36.3 Å². The summed E-state index contributed by atoms with van der Waals surface area (Å²) in [4.78, 5) is 39.0. The molecule has 0 saturated carbocycles. The highest BCUT2D eigenvalue weighted by Crippen LogP contribution is 2.38. The number of alkyl halides is 3. The first-order valence-corrected chi connectivity index (χ1v) is 15.2. The molecule has 1 saturated heterocycles. The second-order valence-electron chi connectivity index (χ2n) is 11.6. The van der Waals surface area contributed by atoms with Crippen molar-refractivity contribution in [1.29, 1.82) is 0 Å². The van der Waals surface area contributed by atoms with Crippen LogP contribution in [0.1, 0.15) is 32.6 Å². The Morgan fingerprint density at radius 1 is 1.00 bits per heavy atom. The van der Waals surface area contributed by atoms with Crippen LogP contribution in [-0.4, -0.2) is 70.5 Å². The summed E-state index contributed by atoms with van der Waals surface area (Å²) in [6.07, 6.45) is -4.69. The summed E-state index contributed by atoms with van der Waals surface area (Å²) in [7, 11) is 6.20. The summed E-state index contributed by atoms with van der Waals surface area (Å²) < 4.78 is 81.0. The summed E-state index contributed by atoms with van der Waals surface area (Å²) in [6, 6.07) is 14.2. The maximum Gasteiger partial charge on any atom is 0.417 e. The van der Waals surface area contributed by atoms with Crippen molar-refractivity contribution in [2.75, 3.05) is 63.9 Å². The molecule has 0 bridgehead atoms. The molecule has 0 aliphatic carbocycles. The smallest absolute Gasteiger partial charge is 0.417 e. The Bertz CT molecular complexity index is 1880. The minimum absolute atomic E-state index is 0.0402. The molecule has 3 aromatic carbocycles. The van der Waals surface area contributed by atoms with Crippen molar-refractivity contribution < 1.29 is 41.0 Å². The third-order valence-corrected chi connectivity index (χ3v) is 7.99. The topological polar surface area (TPSA) is 93.1 Å². The molecular formula is C35H37F5N4O5. The molecule has 1 aliphatic heterocycles. The number of fused-ring (bicyclic) bond motifs is 1. The number of anilines is 2. The average Bonchev–Trinajstić information content (AvgIpc) is 3.05. The zero-order valence-corrected chi connectivity index (χ0v) is 27.7. The van der Waals surface area contributed by atoms with Gasteiger partial charge in [0.15, 0.2) is 0 Å². The molecule has 49 heavy (non-hydrogen) atoms. The molecule has 0 unspecified atom stereocenters. The highest BCUT2D eigenvalue weighted by atomic mass is 19.4. The van der Waals surface area contributed by atoms with Gasteiger partial charge < -0.3 is 29.2 Å². The van der Waals surface area contributed by atoms with Gasteiger partial charge in [-0.25, -0.2) is 8.78 Å². The molecule has 0 spiro atoms. The van der Waals surface area contributed by atoms with Crippen molar-refractivity contribution in [3.63, 3.8) is 0 Å². The molecule has 1 aliphatic rings. The predicted octanol–water partition coefficient (Wildman–Crippen LogP) is 5.23. The van der Waals surface area contributed by atoms with Crippen LogP contribution in [0.25, 0.3) is 10.9 Å². The van der Waals surface area contributed by atoms with Gasteiger partial charge in [-0.1, -0.05) is 29.8 Å². The number of benzene rings is 3. The van der Waals surface area contributed by atoms with E-state index in [-0.39, 0.29) is 22.9 Å². The first kappa shape index (κ1) is 36.8. The van der Waals surface area contributed by atoms with Crippen molar-refractivity contribution >= 4 is 34.2 Å². The van der Waals surface area contributed by atoms with Gasteiger partial charge in [0.05, 0.1) is 31.4 Å². The Hall–Kier alpha value is -4.98. The number of aromatic nitrogens is 1. The second-order valence-corrected chi connectivity index (χ2v) is 11.6. The summed E-state index contributed by atoms with van der Waals surface area (Å²) in [5, 5.41) is 2.14. The van der Waals surface area contributed by atoms with Crippen LogP contribution in [0.5, 0.6) is 0 Å². The van der Waals surface area contributed by atoms with E-state index in [0.717, 1.165) is 24.8 Å². The molecule has 2 heterocycles. The summed E-state index contributed by atoms with van der Waals surface area (Å²) >= 11 is 0. The van der Waals surface area contributed by atoms with E-state index in [0.29, 0.717) is 43.2 Å². The van der Waals surface area contributed by atoms with Crippen LogP contribution in [0, 0.1) is 18.6 Å². The zero-order chi connectivity index (χ0) is 36.0. The van der Waals surface area contributed by atoms with Crippen LogP contribution in [0.2, 0.25) is 0 Å². The molecule has 0 radical (unpaired) electrons. The van der Waals surface area contributed by atoms with E-state index in [1.165, 1.54) is 17.7 Å². The van der Waals surface area contributed by atoms with Gasteiger partial charge in [-0.05, 0) is 42.8 Å². The van der Waals surface area contributed by atoms with Crippen LogP contribution < -0.4 is 20.7 Å². The number of esters is 1. The minimum atomic E-state index is -4.63. The third-order valence-electron chi connectivity index (χ3n) is 7.99. The summed E-state index contributed by atoms with van der Waals surface area (Å²) in [6.45, 7) is 3.41. The van der Waals surface area contributed by atoms with Crippen molar-refractivity contribution in [2.24, 2.45) is 7.05 Å². The number of carbonyl (C=O) groups excluding carboxylic acids is 2. The predicted molar refractivity (Wildman–Crippen MR) is 176 cm³/mol. The molecule has 5 rings (SSSR count). The van der Waals surface area contributed by atoms with Gasteiger partial charge in [0.1, 0.15) is 23.7 Å². The van der Waals surface area contributed by atoms with Crippen molar-refractivity contribution in [2.45, 2.75) is 19.5 Å². The Morgan fingerprint density at radius 3 is 2.22 bits per heavy atom. The molecular weight excluding hydrogens is 651 g/mol. The average molecular weight is 689 g/mol. The van der Waals surface area contributed by atoms with Crippen molar-refractivity contribution in [1.82, 2.24) is 9.88 Å². The minimum Gasteiger partial charge on any atom is -0.468 e. The lowest BCUT2D eigenvalue weighted by Gasteiger charge is -2.29. The molecule has 1 fully saturated rings. The lowest BCUT2D eigenvalue weighted by molar-refractivity contribution is -0.139. The summed E-state index contributed by atoms with van der Waals surface area (Å²) in [5.74, 6) is -3.68. The van der Waals surface area contributed by atoms with Crippen LogP contribution in [0.4, 0.5) is 33.3 Å². The lowest BCUT2D eigenvalue weighted by atomic mass is 9.96. The van der Waals surface area contributed by atoms with E-state index in [2.05, 4.69) is 10.1 Å². The number of morpholine rings is 1. The number of methoxy groups -OCH3 is 1. The van der Waals surface area contributed by atoms with E-state index < -0.39 is 52.9 Å². The van der Waals surface area contributed by atoms with Gasteiger partial charge in [0, 0.05) is 63.0 Å². The largest absolute Gasteiger partial charge is 0.468 e. The van der Waals surface area contributed by atoms with E-state index in [1.54, 1.807) is 54.2 Å². The van der Waals surface area contributed by atoms with E-state index >= 15 is 0 Å².